The average Bonchev–Trinajstić information content (AvgIpc) is 3.25. The van der Waals surface area contributed by atoms with Gasteiger partial charge in [-0.25, -0.2) is 4.79 Å². The highest BCUT2D eigenvalue weighted by Gasteiger charge is 2.38. The molecule has 7 nitrogen and oxygen atoms in total. The fraction of sp³-hybridized carbons (Fsp3) is 0.292. The summed E-state index contributed by atoms with van der Waals surface area (Å²) in [6.45, 7) is -0.307. The van der Waals surface area contributed by atoms with Crippen molar-refractivity contribution in [2.45, 2.75) is 38.2 Å². The van der Waals surface area contributed by atoms with Crippen molar-refractivity contribution in [3.63, 3.8) is 0 Å². The van der Waals surface area contributed by atoms with Crippen molar-refractivity contribution in [2.24, 2.45) is 0 Å². The molecule has 36 heavy (non-hydrogen) atoms. The van der Waals surface area contributed by atoms with Gasteiger partial charge in [0.25, 0.3) is 5.56 Å². The van der Waals surface area contributed by atoms with Crippen LogP contribution in [-0.2, 0) is 19.5 Å². The Labute approximate surface area is 211 Å². The summed E-state index contributed by atoms with van der Waals surface area (Å²) < 4.78 is 40.7. The Hall–Kier alpha value is -3.15. The van der Waals surface area contributed by atoms with Crippen molar-refractivity contribution in [2.75, 3.05) is 11.9 Å². The molecule has 0 radical (unpaired) electrons. The van der Waals surface area contributed by atoms with Crippen molar-refractivity contribution in [1.82, 2.24) is 14.1 Å². The lowest BCUT2D eigenvalue weighted by atomic mass is 9.95. The van der Waals surface area contributed by atoms with E-state index in [9.17, 15) is 27.9 Å². The smallest absolute Gasteiger partial charge is 0.384 e. The van der Waals surface area contributed by atoms with Gasteiger partial charge in [-0.3, -0.25) is 18.9 Å². The summed E-state index contributed by atoms with van der Waals surface area (Å²) in [7, 11) is 0. The fourth-order valence-corrected chi connectivity index (χ4v) is 5.71. The third kappa shape index (κ3) is 4.65. The molecule has 0 saturated carbocycles. The van der Waals surface area contributed by atoms with Gasteiger partial charge in [0, 0.05) is 51.7 Å². The molecule has 2 N–H and O–H groups in total. The Morgan fingerprint density at radius 1 is 1.19 bits per heavy atom. The number of aliphatic hydroxyl groups is 1. The van der Waals surface area contributed by atoms with Crippen LogP contribution in [0, 0.1) is 0 Å². The maximum absolute atomic E-state index is 12.8. The lowest BCUT2D eigenvalue weighted by Crippen LogP contribution is -2.43. The molecule has 0 saturated heterocycles. The number of halogens is 4. The number of pyridine rings is 1. The number of aliphatic hydroxyl groups excluding tert-OH is 1. The molecule has 4 heterocycles. The first-order valence-corrected chi connectivity index (χ1v) is 12.3. The van der Waals surface area contributed by atoms with Crippen LogP contribution in [0.1, 0.15) is 16.9 Å². The van der Waals surface area contributed by atoms with Gasteiger partial charge in [-0.1, -0.05) is 11.6 Å². The zero-order valence-electron chi connectivity index (χ0n) is 18.7. The van der Waals surface area contributed by atoms with Crippen LogP contribution < -0.4 is 16.6 Å². The number of nitrogens with one attached hydrogen (secondary N) is 1. The summed E-state index contributed by atoms with van der Waals surface area (Å²) in [6.07, 6.45) is -3.07. The Bertz CT molecular complexity index is 1580. The molecule has 0 fully saturated rings. The van der Waals surface area contributed by atoms with Crippen LogP contribution in [0.15, 0.2) is 52.3 Å². The first kappa shape index (κ1) is 24.5. The number of rotatable bonds is 5. The molecule has 1 aliphatic heterocycles. The fourth-order valence-electron chi connectivity index (χ4n) is 4.34. The zero-order valence-corrected chi connectivity index (χ0v) is 20.3. The molecule has 3 aromatic heterocycles. The average molecular weight is 537 g/mol. The van der Waals surface area contributed by atoms with Crippen molar-refractivity contribution in [3.8, 4) is 11.1 Å². The molecule has 0 amide bonds. The van der Waals surface area contributed by atoms with Crippen molar-refractivity contribution >= 4 is 38.8 Å². The first-order chi connectivity index (χ1) is 17.1. The Kier molecular flexibility index (Phi) is 6.39. The lowest BCUT2D eigenvalue weighted by Gasteiger charge is -2.22. The number of aryl methyl sites for hydroxylation is 1. The molecular weight excluding hydrogens is 517 g/mol. The molecule has 0 spiro atoms. The van der Waals surface area contributed by atoms with Crippen LogP contribution in [0.5, 0.6) is 0 Å². The first-order valence-electron chi connectivity index (χ1n) is 11.1. The van der Waals surface area contributed by atoms with Gasteiger partial charge in [-0.15, -0.1) is 11.3 Å². The highest BCUT2D eigenvalue weighted by atomic mass is 35.5. The van der Waals surface area contributed by atoms with E-state index in [4.69, 9.17) is 11.6 Å². The minimum Gasteiger partial charge on any atom is -0.384 e. The molecule has 12 heteroatoms. The minimum atomic E-state index is -4.89. The largest absolute Gasteiger partial charge is 0.416 e. The molecule has 188 valence electrons. The van der Waals surface area contributed by atoms with E-state index in [0.717, 1.165) is 63.3 Å². The number of thiophene rings is 1. The third-order valence-electron chi connectivity index (χ3n) is 6.06. The number of aromatic nitrogens is 3. The van der Waals surface area contributed by atoms with Crippen LogP contribution in [0.25, 0.3) is 21.3 Å². The molecule has 1 aromatic carbocycles. The standard InChI is InChI=1S/C24H20ClF3N4O3S/c25-14-8-13-2-1-5-30-21(13)17(9-14)16-3-6-29-18-10-15(36-22(16)18)11-32-20(34)4-7-31(23(32)35)12-19(33)24(26,27)28/h3-4,6-10,19,30,33H,1-2,5,11-12H2. The van der Waals surface area contributed by atoms with E-state index in [-0.39, 0.29) is 6.54 Å². The molecule has 0 bridgehead atoms. The Balaban J connectivity index is 1.54. The van der Waals surface area contributed by atoms with Gasteiger partial charge in [-0.2, -0.15) is 13.2 Å². The van der Waals surface area contributed by atoms with E-state index >= 15 is 0 Å². The Morgan fingerprint density at radius 3 is 2.78 bits per heavy atom. The van der Waals surface area contributed by atoms with Crippen LogP contribution in [0.2, 0.25) is 5.02 Å². The maximum atomic E-state index is 12.8. The van der Waals surface area contributed by atoms with Crippen molar-refractivity contribution in [3.05, 3.63) is 79.0 Å². The van der Waals surface area contributed by atoms with E-state index in [1.54, 1.807) is 12.3 Å². The topological polar surface area (TPSA) is 89.2 Å². The normalized spacial score (nSPS) is 14.5. The maximum Gasteiger partial charge on any atom is 0.416 e. The second-order valence-corrected chi connectivity index (χ2v) is 10.1. The van der Waals surface area contributed by atoms with E-state index in [2.05, 4.69) is 10.3 Å². The highest BCUT2D eigenvalue weighted by Crippen LogP contribution is 2.41. The quantitative estimate of drug-likeness (QED) is 0.398. The summed E-state index contributed by atoms with van der Waals surface area (Å²) in [5.41, 5.74) is 3.03. The van der Waals surface area contributed by atoms with Gasteiger partial charge >= 0.3 is 11.9 Å². The number of alkyl halides is 3. The number of anilines is 1. The van der Waals surface area contributed by atoms with Crippen LogP contribution in [0.3, 0.4) is 0 Å². The molecule has 1 unspecified atom stereocenters. The molecule has 0 aliphatic carbocycles. The second-order valence-electron chi connectivity index (χ2n) is 8.54. The molecule has 4 aromatic rings. The monoisotopic (exact) mass is 536 g/mol. The van der Waals surface area contributed by atoms with Crippen molar-refractivity contribution in [1.29, 1.82) is 0 Å². The number of hydrogen-bond acceptors (Lipinski definition) is 6. The molecule has 5 rings (SSSR count). The molecule has 1 atom stereocenters. The predicted octanol–water partition coefficient (Wildman–Crippen LogP) is 4.27. The SMILES string of the molecule is O=c1ccn(CC(O)C(F)(F)F)c(=O)n1Cc1cc2nccc(-c3cc(Cl)cc4c3NCCC4)c2s1. The zero-order chi connectivity index (χ0) is 25.6. The van der Waals surface area contributed by atoms with Gasteiger partial charge in [0.1, 0.15) is 0 Å². The van der Waals surface area contributed by atoms with E-state index < -0.39 is 30.1 Å². The summed E-state index contributed by atoms with van der Waals surface area (Å²) >= 11 is 7.75. The summed E-state index contributed by atoms with van der Waals surface area (Å²) in [5, 5.41) is 13.4. The summed E-state index contributed by atoms with van der Waals surface area (Å²) in [6, 6.07) is 8.48. The van der Waals surface area contributed by atoms with Crippen molar-refractivity contribution < 1.29 is 18.3 Å². The third-order valence-corrected chi connectivity index (χ3v) is 7.42. The van der Waals surface area contributed by atoms with E-state index in [1.807, 2.05) is 18.2 Å². The molecule has 1 aliphatic rings. The Morgan fingerprint density at radius 2 is 2.00 bits per heavy atom. The van der Waals surface area contributed by atoms with Gasteiger partial charge in [0.15, 0.2) is 6.10 Å². The van der Waals surface area contributed by atoms with Crippen LogP contribution >= 0.6 is 22.9 Å². The van der Waals surface area contributed by atoms with E-state index in [0.29, 0.717) is 20.0 Å². The number of fused-ring (bicyclic) bond motifs is 2. The van der Waals surface area contributed by atoms with Gasteiger partial charge in [-0.05, 0) is 42.7 Å². The highest BCUT2D eigenvalue weighted by molar-refractivity contribution is 7.19. The van der Waals surface area contributed by atoms with E-state index in [1.165, 1.54) is 11.3 Å². The van der Waals surface area contributed by atoms with Gasteiger partial charge in [0.2, 0.25) is 0 Å². The predicted molar refractivity (Wildman–Crippen MR) is 133 cm³/mol. The van der Waals surface area contributed by atoms with Gasteiger partial charge in [0.05, 0.1) is 23.3 Å². The summed E-state index contributed by atoms with van der Waals surface area (Å²) in [5.74, 6) is 0. The van der Waals surface area contributed by atoms with Gasteiger partial charge < -0.3 is 10.4 Å². The number of nitrogens with zero attached hydrogens (tertiary/aromatic N) is 3. The molecular formula is C24H20ClF3N4O3S. The number of benzene rings is 1. The second kappa shape index (κ2) is 9.38. The van der Waals surface area contributed by atoms with Crippen LogP contribution in [0.4, 0.5) is 18.9 Å². The minimum absolute atomic E-state index is 0.146. The number of hydrogen-bond donors (Lipinski definition) is 2. The summed E-state index contributed by atoms with van der Waals surface area (Å²) in [4.78, 5) is 30.2. The van der Waals surface area contributed by atoms with Crippen LogP contribution in [-0.4, -0.2) is 38.0 Å². The lowest BCUT2D eigenvalue weighted by molar-refractivity contribution is -0.207.